The van der Waals surface area contributed by atoms with Crippen LogP contribution in [0.15, 0.2) is 42.6 Å². The first-order valence-electron chi connectivity index (χ1n) is 5.76. The molecule has 0 saturated carbocycles. The fourth-order valence-corrected chi connectivity index (χ4v) is 1.79. The van der Waals surface area contributed by atoms with Crippen LogP contribution in [-0.2, 0) is 6.42 Å². The summed E-state index contributed by atoms with van der Waals surface area (Å²) in [5, 5.41) is 28.9. The van der Waals surface area contributed by atoms with Gasteiger partial charge in [0.25, 0.3) is 0 Å². The number of rotatable bonds is 4. The molecular weight excluding hydrogens is 230 g/mol. The van der Waals surface area contributed by atoms with Crippen molar-refractivity contribution in [2.24, 2.45) is 0 Å². The average Bonchev–Trinajstić information content (AvgIpc) is 2.40. The maximum atomic E-state index is 9.94. The van der Waals surface area contributed by atoms with E-state index < -0.39 is 6.10 Å². The number of aromatic hydroxyl groups is 2. The molecule has 0 spiro atoms. The number of nitrogens with zero attached hydrogens (tertiary/aromatic N) is 1. The molecule has 94 valence electrons. The minimum atomic E-state index is -0.673. The molecule has 0 aliphatic heterocycles. The smallest absolute Gasteiger partial charge is 0.119 e. The van der Waals surface area contributed by atoms with E-state index in [-0.39, 0.29) is 11.5 Å². The molecular formula is C14H15NO3. The molecule has 1 aromatic carbocycles. The molecule has 4 heteroatoms. The predicted octanol–water partition coefficient (Wildman–Crippen LogP) is 2.16. The van der Waals surface area contributed by atoms with Gasteiger partial charge in [0, 0.05) is 6.20 Å². The van der Waals surface area contributed by atoms with Gasteiger partial charge in [-0.25, -0.2) is 0 Å². The lowest BCUT2D eigenvalue weighted by molar-refractivity contribution is 0.163. The summed E-state index contributed by atoms with van der Waals surface area (Å²) in [7, 11) is 0. The van der Waals surface area contributed by atoms with Gasteiger partial charge in [0.15, 0.2) is 0 Å². The van der Waals surface area contributed by atoms with Crippen molar-refractivity contribution >= 4 is 0 Å². The number of aliphatic hydroxyl groups is 1. The second-order valence-electron chi connectivity index (χ2n) is 4.12. The van der Waals surface area contributed by atoms with E-state index in [0.29, 0.717) is 24.1 Å². The zero-order valence-corrected chi connectivity index (χ0v) is 9.82. The lowest BCUT2D eigenvalue weighted by Gasteiger charge is -2.10. The average molecular weight is 245 g/mol. The molecule has 2 rings (SSSR count). The van der Waals surface area contributed by atoms with Gasteiger partial charge >= 0.3 is 0 Å². The summed E-state index contributed by atoms with van der Waals surface area (Å²) in [5.74, 6) is 0.233. The maximum Gasteiger partial charge on any atom is 0.119 e. The Balaban J connectivity index is 2.01. The highest BCUT2D eigenvalue weighted by Gasteiger charge is 2.10. The van der Waals surface area contributed by atoms with E-state index in [2.05, 4.69) is 4.98 Å². The van der Waals surface area contributed by atoms with Gasteiger partial charge < -0.3 is 15.3 Å². The van der Waals surface area contributed by atoms with Crippen LogP contribution in [0.2, 0.25) is 0 Å². The standard InChI is InChI=1S/C14H15NO3/c16-11-5-7-13(17)10(9-11)4-6-14(18)12-3-1-2-8-15-12/h1-3,5,7-9,14,16-18H,4,6H2/t14-/m1/s1. The molecule has 0 aliphatic carbocycles. The fraction of sp³-hybridized carbons (Fsp3) is 0.214. The summed E-state index contributed by atoms with van der Waals surface area (Å²) in [4.78, 5) is 4.07. The Hall–Kier alpha value is -2.07. The Bertz CT molecular complexity index is 514. The molecule has 0 aliphatic rings. The van der Waals surface area contributed by atoms with E-state index >= 15 is 0 Å². The number of hydrogen-bond donors (Lipinski definition) is 3. The topological polar surface area (TPSA) is 73.6 Å². The van der Waals surface area contributed by atoms with Crippen molar-refractivity contribution in [3.8, 4) is 11.5 Å². The summed E-state index contributed by atoms with van der Waals surface area (Å²) in [6, 6.07) is 9.73. The van der Waals surface area contributed by atoms with Crippen LogP contribution in [0.5, 0.6) is 11.5 Å². The molecule has 0 amide bonds. The highest BCUT2D eigenvalue weighted by molar-refractivity contribution is 5.38. The Morgan fingerprint density at radius 2 is 1.94 bits per heavy atom. The number of phenolic OH excluding ortho intramolecular Hbond substituents is 2. The van der Waals surface area contributed by atoms with E-state index in [1.54, 1.807) is 18.3 Å². The molecule has 1 aromatic heterocycles. The summed E-state index contributed by atoms with van der Waals surface area (Å²) in [6.45, 7) is 0. The molecule has 18 heavy (non-hydrogen) atoms. The molecule has 0 bridgehead atoms. The monoisotopic (exact) mass is 245 g/mol. The third-order valence-electron chi connectivity index (χ3n) is 2.78. The van der Waals surface area contributed by atoms with E-state index in [0.717, 1.165) is 0 Å². The SMILES string of the molecule is Oc1ccc(O)c(CC[C@@H](O)c2ccccn2)c1. The first kappa shape index (κ1) is 12.4. The summed E-state index contributed by atoms with van der Waals surface area (Å²) in [5.41, 5.74) is 1.22. The van der Waals surface area contributed by atoms with Gasteiger partial charge in [-0.1, -0.05) is 6.07 Å². The van der Waals surface area contributed by atoms with Crippen LogP contribution in [-0.4, -0.2) is 20.3 Å². The van der Waals surface area contributed by atoms with Gasteiger partial charge in [0.2, 0.25) is 0 Å². The van der Waals surface area contributed by atoms with Gasteiger partial charge in [0.05, 0.1) is 11.8 Å². The first-order valence-corrected chi connectivity index (χ1v) is 5.76. The molecule has 0 fully saturated rings. The van der Waals surface area contributed by atoms with Crippen molar-refractivity contribution < 1.29 is 15.3 Å². The third-order valence-corrected chi connectivity index (χ3v) is 2.78. The number of hydrogen-bond acceptors (Lipinski definition) is 4. The Morgan fingerprint density at radius 3 is 2.67 bits per heavy atom. The highest BCUT2D eigenvalue weighted by Crippen LogP contribution is 2.25. The minimum Gasteiger partial charge on any atom is -0.508 e. The Kier molecular flexibility index (Phi) is 3.79. The number of aliphatic hydroxyl groups excluding tert-OH is 1. The van der Waals surface area contributed by atoms with Crippen LogP contribution in [0, 0.1) is 0 Å². The number of pyridine rings is 1. The lowest BCUT2D eigenvalue weighted by Crippen LogP contribution is -2.01. The van der Waals surface area contributed by atoms with Crippen molar-refractivity contribution in [2.75, 3.05) is 0 Å². The normalized spacial score (nSPS) is 12.3. The molecule has 0 radical (unpaired) electrons. The maximum absolute atomic E-state index is 9.94. The van der Waals surface area contributed by atoms with Crippen LogP contribution < -0.4 is 0 Å². The van der Waals surface area contributed by atoms with Crippen molar-refractivity contribution in [3.63, 3.8) is 0 Å². The van der Waals surface area contributed by atoms with Gasteiger partial charge in [-0.05, 0) is 48.7 Å². The number of benzene rings is 1. The van der Waals surface area contributed by atoms with E-state index in [1.165, 1.54) is 18.2 Å². The Morgan fingerprint density at radius 1 is 1.11 bits per heavy atom. The number of phenols is 2. The largest absolute Gasteiger partial charge is 0.508 e. The van der Waals surface area contributed by atoms with Crippen molar-refractivity contribution in [1.82, 2.24) is 4.98 Å². The minimum absolute atomic E-state index is 0.107. The van der Waals surface area contributed by atoms with E-state index in [4.69, 9.17) is 0 Å². The van der Waals surface area contributed by atoms with Gasteiger partial charge in [-0.3, -0.25) is 4.98 Å². The predicted molar refractivity (Wildman–Crippen MR) is 67.3 cm³/mol. The van der Waals surface area contributed by atoms with Gasteiger partial charge in [-0.2, -0.15) is 0 Å². The fourth-order valence-electron chi connectivity index (χ4n) is 1.79. The van der Waals surface area contributed by atoms with Gasteiger partial charge in [0.1, 0.15) is 11.5 Å². The molecule has 1 atom stereocenters. The van der Waals surface area contributed by atoms with E-state index in [9.17, 15) is 15.3 Å². The summed E-state index contributed by atoms with van der Waals surface area (Å²) < 4.78 is 0. The first-order chi connectivity index (χ1) is 8.66. The van der Waals surface area contributed by atoms with Crippen LogP contribution >= 0.6 is 0 Å². The van der Waals surface area contributed by atoms with Gasteiger partial charge in [-0.15, -0.1) is 0 Å². The van der Waals surface area contributed by atoms with E-state index in [1.807, 2.05) is 6.07 Å². The quantitative estimate of drug-likeness (QED) is 0.722. The second kappa shape index (κ2) is 5.51. The number of aromatic nitrogens is 1. The molecule has 2 aromatic rings. The molecule has 1 heterocycles. The zero-order valence-electron chi connectivity index (χ0n) is 9.82. The second-order valence-corrected chi connectivity index (χ2v) is 4.12. The van der Waals surface area contributed by atoms with Crippen LogP contribution in [0.1, 0.15) is 23.8 Å². The zero-order chi connectivity index (χ0) is 13.0. The number of aryl methyl sites for hydroxylation is 1. The molecule has 4 nitrogen and oxygen atoms in total. The lowest BCUT2D eigenvalue weighted by atomic mass is 10.0. The molecule has 0 saturated heterocycles. The molecule has 3 N–H and O–H groups in total. The Labute approximate surface area is 105 Å². The summed E-state index contributed by atoms with van der Waals surface area (Å²) >= 11 is 0. The third kappa shape index (κ3) is 2.99. The van der Waals surface area contributed by atoms with Crippen molar-refractivity contribution in [3.05, 3.63) is 53.9 Å². The van der Waals surface area contributed by atoms with Crippen LogP contribution in [0.3, 0.4) is 0 Å². The van der Waals surface area contributed by atoms with Crippen LogP contribution in [0.25, 0.3) is 0 Å². The van der Waals surface area contributed by atoms with Crippen molar-refractivity contribution in [2.45, 2.75) is 18.9 Å². The highest BCUT2D eigenvalue weighted by atomic mass is 16.3. The molecule has 0 unspecified atom stereocenters. The summed E-state index contributed by atoms with van der Waals surface area (Å²) in [6.07, 6.45) is 1.86. The van der Waals surface area contributed by atoms with Crippen LogP contribution in [0.4, 0.5) is 0 Å². The van der Waals surface area contributed by atoms with Crippen molar-refractivity contribution in [1.29, 1.82) is 0 Å².